The molecule has 0 radical (unpaired) electrons. The van der Waals surface area contributed by atoms with E-state index in [2.05, 4.69) is 22.4 Å². The second-order valence-electron chi connectivity index (χ2n) is 5.78. The number of piperidine rings is 1. The van der Waals surface area contributed by atoms with Gasteiger partial charge in [0.05, 0.1) is 0 Å². The number of anilines is 1. The maximum absolute atomic E-state index is 12.5. The highest BCUT2D eigenvalue weighted by molar-refractivity contribution is 5.92. The van der Waals surface area contributed by atoms with Gasteiger partial charge in [-0.2, -0.15) is 0 Å². The number of amides is 1. The molecule has 1 N–H and O–H groups in total. The van der Waals surface area contributed by atoms with Crippen LogP contribution < -0.4 is 5.32 Å². The zero-order chi connectivity index (χ0) is 13.9. The fourth-order valence-electron chi connectivity index (χ4n) is 2.80. The minimum absolute atomic E-state index is 0.0296. The SMILES string of the molecule is CCC1CCCCN1C(=O)c1ccc(NC2CC2)nn1. The third kappa shape index (κ3) is 2.92. The van der Waals surface area contributed by atoms with Crippen molar-refractivity contribution in [3.8, 4) is 0 Å². The average Bonchev–Trinajstić information content (AvgIpc) is 3.31. The molecule has 3 rings (SSSR count). The summed E-state index contributed by atoms with van der Waals surface area (Å²) >= 11 is 0. The Morgan fingerprint density at radius 2 is 2.15 bits per heavy atom. The molecule has 1 amide bonds. The van der Waals surface area contributed by atoms with Gasteiger partial charge in [0, 0.05) is 18.6 Å². The monoisotopic (exact) mass is 274 g/mol. The van der Waals surface area contributed by atoms with Gasteiger partial charge in [-0.05, 0) is 50.7 Å². The summed E-state index contributed by atoms with van der Waals surface area (Å²) in [5.41, 5.74) is 0.465. The van der Waals surface area contributed by atoms with Crippen molar-refractivity contribution in [3.63, 3.8) is 0 Å². The van der Waals surface area contributed by atoms with Crippen molar-refractivity contribution in [2.75, 3.05) is 11.9 Å². The Labute approximate surface area is 119 Å². The number of rotatable bonds is 4. The third-order valence-corrected chi connectivity index (χ3v) is 4.17. The van der Waals surface area contributed by atoms with Crippen molar-refractivity contribution >= 4 is 11.7 Å². The smallest absolute Gasteiger partial charge is 0.274 e. The van der Waals surface area contributed by atoms with Crippen LogP contribution in [0.15, 0.2) is 12.1 Å². The molecule has 1 saturated heterocycles. The van der Waals surface area contributed by atoms with Crippen molar-refractivity contribution < 1.29 is 4.79 Å². The number of hydrogen-bond donors (Lipinski definition) is 1. The first-order valence-electron chi connectivity index (χ1n) is 7.69. The van der Waals surface area contributed by atoms with Crippen molar-refractivity contribution in [2.24, 2.45) is 0 Å². The van der Waals surface area contributed by atoms with Gasteiger partial charge >= 0.3 is 0 Å². The van der Waals surface area contributed by atoms with E-state index in [-0.39, 0.29) is 5.91 Å². The van der Waals surface area contributed by atoms with E-state index < -0.39 is 0 Å². The number of nitrogens with one attached hydrogen (secondary N) is 1. The number of aromatic nitrogens is 2. The topological polar surface area (TPSA) is 58.1 Å². The second kappa shape index (κ2) is 5.77. The van der Waals surface area contributed by atoms with Gasteiger partial charge in [-0.25, -0.2) is 0 Å². The van der Waals surface area contributed by atoms with E-state index in [4.69, 9.17) is 0 Å². The fraction of sp³-hybridized carbons (Fsp3) is 0.667. The predicted molar refractivity (Wildman–Crippen MR) is 77.6 cm³/mol. The van der Waals surface area contributed by atoms with Gasteiger partial charge in [0.2, 0.25) is 0 Å². The molecule has 0 spiro atoms. The van der Waals surface area contributed by atoms with Gasteiger partial charge in [0.25, 0.3) is 5.91 Å². The molecule has 1 aromatic heterocycles. The van der Waals surface area contributed by atoms with E-state index in [1.165, 1.54) is 19.3 Å². The van der Waals surface area contributed by atoms with E-state index in [1.807, 2.05) is 11.0 Å². The zero-order valence-electron chi connectivity index (χ0n) is 12.0. The summed E-state index contributed by atoms with van der Waals surface area (Å²) in [5, 5.41) is 11.5. The average molecular weight is 274 g/mol. The van der Waals surface area contributed by atoms with Gasteiger partial charge in [0.1, 0.15) is 5.82 Å². The van der Waals surface area contributed by atoms with Crippen LogP contribution in [0.4, 0.5) is 5.82 Å². The molecule has 1 aliphatic heterocycles. The van der Waals surface area contributed by atoms with Crippen LogP contribution in [0.25, 0.3) is 0 Å². The third-order valence-electron chi connectivity index (χ3n) is 4.17. The lowest BCUT2D eigenvalue weighted by Crippen LogP contribution is -2.43. The molecule has 5 heteroatoms. The quantitative estimate of drug-likeness (QED) is 0.916. The van der Waals surface area contributed by atoms with Crippen LogP contribution in [0.3, 0.4) is 0 Å². The van der Waals surface area contributed by atoms with Crippen molar-refractivity contribution in [1.29, 1.82) is 0 Å². The normalized spacial score (nSPS) is 22.6. The highest BCUT2D eigenvalue weighted by Crippen LogP contribution is 2.24. The molecule has 5 nitrogen and oxygen atoms in total. The summed E-state index contributed by atoms with van der Waals surface area (Å²) in [6, 6.07) is 4.57. The maximum atomic E-state index is 12.5. The largest absolute Gasteiger partial charge is 0.366 e. The molecule has 20 heavy (non-hydrogen) atoms. The lowest BCUT2D eigenvalue weighted by molar-refractivity contribution is 0.0601. The number of nitrogens with zero attached hydrogens (tertiary/aromatic N) is 3. The Kier molecular flexibility index (Phi) is 3.85. The van der Waals surface area contributed by atoms with Crippen LogP contribution in [0, 0.1) is 0 Å². The first-order chi connectivity index (χ1) is 9.78. The van der Waals surface area contributed by atoms with Crippen LogP contribution in [0.2, 0.25) is 0 Å². The highest BCUT2D eigenvalue weighted by Gasteiger charge is 2.27. The van der Waals surface area contributed by atoms with Gasteiger partial charge in [-0.3, -0.25) is 4.79 Å². The highest BCUT2D eigenvalue weighted by atomic mass is 16.2. The summed E-state index contributed by atoms with van der Waals surface area (Å²) < 4.78 is 0. The Bertz CT molecular complexity index is 469. The van der Waals surface area contributed by atoms with Crippen LogP contribution in [-0.2, 0) is 0 Å². The Morgan fingerprint density at radius 3 is 2.80 bits per heavy atom. The summed E-state index contributed by atoms with van der Waals surface area (Å²) in [4.78, 5) is 14.5. The molecular formula is C15H22N4O. The Morgan fingerprint density at radius 1 is 1.30 bits per heavy atom. The minimum Gasteiger partial charge on any atom is -0.366 e. The molecule has 2 aliphatic rings. The maximum Gasteiger partial charge on any atom is 0.274 e. The van der Waals surface area contributed by atoms with Gasteiger partial charge in [-0.15, -0.1) is 10.2 Å². The molecule has 1 saturated carbocycles. The van der Waals surface area contributed by atoms with E-state index in [9.17, 15) is 4.79 Å². The standard InChI is InChI=1S/C15H22N4O/c1-2-12-5-3-4-10-19(12)15(20)13-8-9-14(18-17-13)16-11-6-7-11/h8-9,11-12H,2-7,10H2,1H3,(H,16,18). The van der Waals surface area contributed by atoms with Crippen LogP contribution in [-0.4, -0.2) is 39.6 Å². The number of carbonyl (C=O) groups excluding carboxylic acids is 1. The Balaban J connectivity index is 1.68. The van der Waals surface area contributed by atoms with Crippen molar-refractivity contribution in [2.45, 2.75) is 57.5 Å². The second-order valence-corrected chi connectivity index (χ2v) is 5.78. The molecule has 1 unspecified atom stereocenters. The molecule has 0 bridgehead atoms. The first-order valence-corrected chi connectivity index (χ1v) is 7.69. The lowest BCUT2D eigenvalue weighted by Gasteiger charge is -2.34. The summed E-state index contributed by atoms with van der Waals surface area (Å²) in [6.45, 7) is 2.99. The molecular weight excluding hydrogens is 252 g/mol. The molecule has 2 fully saturated rings. The summed E-state index contributed by atoms with van der Waals surface area (Å²) in [6.07, 6.45) is 6.84. The number of likely N-dealkylation sites (tertiary alicyclic amines) is 1. The zero-order valence-corrected chi connectivity index (χ0v) is 12.0. The van der Waals surface area contributed by atoms with Crippen molar-refractivity contribution in [1.82, 2.24) is 15.1 Å². The van der Waals surface area contributed by atoms with Gasteiger partial charge in [0.15, 0.2) is 5.69 Å². The van der Waals surface area contributed by atoms with E-state index in [1.54, 1.807) is 6.07 Å². The fourth-order valence-corrected chi connectivity index (χ4v) is 2.80. The Hall–Kier alpha value is -1.65. The first kappa shape index (κ1) is 13.3. The molecule has 1 aromatic rings. The van der Waals surface area contributed by atoms with Crippen molar-refractivity contribution in [3.05, 3.63) is 17.8 Å². The summed E-state index contributed by atoms with van der Waals surface area (Å²) in [7, 11) is 0. The number of hydrogen-bond acceptors (Lipinski definition) is 4. The molecule has 1 atom stereocenters. The van der Waals surface area contributed by atoms with Gasteiger partial charge < -0.3 is 10.2 Å². The lowest BCUT2D eigenvalue weighted by atomic mass is 9.99. The van der Waals surface area contributed by atoms with Crippen LogP contribution in [0.5, 0.6) is 0 Å². The molecule has 2 heterocycles. The number of carbonyl (C=O) groups is 1. The molecule has 0 aromatic carbocycles. The minimum atomic E-state index is 0.0296. The van der Waals surface area contributed by atoms with E-state index in [0.717, 1.165) is 31.6 Å². The molecule has 108 valence electrons. The van der Waals surface area contributed by atoms with Gasteiger partial charge in [-0.1, -0.05) is 6.92 Å². The summed E-state index contributed by atoms with van der Waals surface area (Å²) in [5.74, 6) is 0.803. The van der Waals surface area contributed by atoms with Crippen LogP contribution >= 0.6 is 0 Å². The predicted octanol–water partition coefficient (Wildman–Crippen LogP) is 2.46. The van der Waals surface area contributed by atoms with E-state index in [0.29, 0.717) is 17.8 Å². The molecule has 1 aliphatic carbocycles. The van der Waals surface area contributed by atoms with E-state index >= 15 is 0 Å². The van der Waals surface area contributed by atoms with Crippen LogP contribution in [0.1, 0.15) is 55.9 Å².